The SMILES string of the molecule is CC/C=C\C/C=C\C/C=C\C/C=C\C/C=C\CCCCCCCCCC(=O)NC(COC1OC(CO)C(O)C(O)C1O)C(O)/C=C/CC/C=C/CCCCCCCCCCCC. The van der Waals surface area contributed by atoms with Crippen molar-refractivity contribution in [2.75, 3.05) is 13.2 Å². The molecular formula is C53H91NO8. The molecule has 1 rings (SSSR count). The highest BCUT2D eigenvalue weighted by atomic mass is 16.7. The van der Waals surface area contributed by atoms with Gasteiger partial charge in [0.2, 0.25) is 5.91 Å². The van der Waals surface area contributed by atoms with Crippen LogP contribution >= 0.6 is 0 Å². The molecule has 1 saturated heterocycles. The predicted molar refractivity (Wildman–Crippen MR) is 258 cm³/mol. The molecule has 1 heterocycles. The van der Waals surface area contributed by atoms with Gasteiger partial charge in [0, 0.05) is 6.42 Å². The van der Waals surface area contributed by atoms with E-state index in [9.17, 15) is 30.3 Å². The first-order valence-corrected chi connectivity index (χ1v) is 24.8. The maximum atomic E-state index is 13.0. The number of hydrogen-bond acceptors (Lipinski definition) is 8. The Bertz CT molecular complexity index is 1240. The van der Waals surface area contributed by atoms with Gasteiger partial charge in [0.1, 0.15) is 24.4 Å². The molecule has 0 radical (unpaired) electrons. The fourth-order valence-corrected chi connectivity index (χ4v) is 7.26. The Kier molecular flexibility index (Phi) is 39.2. The Balaban J connectivity index is 2.34. The van der Waals surface area contributed by atoms with Gasteiger partial charge in [-0.25, -0.2) is 0 Å². The van der Waals surface area contributed by atoms with Gasteiger partial charge in [0.15, 0.2) is 6.29 Å². The normalized spacial score (nSPS) is 21.0. The summed E-state index contributed by atoms with van der Waals surface area (Å²) >= 11 is 0. The third-order valence-corrected chi connectivity index (χ3v) is 11.2. The summed E-state index contributed by atoms with van der Waals surface area (Å²) in [6.45, 7) is 3.62. The molecule has 356 valence electrons. The van der Waals surface area contributed by atoms with E-state index in [1.54, 1.807) is 6.08 Å². The first kappa shape index (κ1) is 57.4. The Labute approximate surface area is 378 Å². The molecule has 1 fully saturated rings. The van der Waals surface area contributed by atoms with Gasteiger partial charge in [0.05, 0.1) is 25.4 Å². The molecule has 0 saturated carbocycles. The highest BCUT2D eigenvalue weighted by molar-refractivity contribution is 5.76. The minimum absolute atomic E-state index is 0.202. The van der Waals surface area contributed by atoms with Crippen molar-refractivity contribution >= 4 is 5.91 Å². The van der Waals surface area contributed by atoms with E-state index in [0.29, 0.717) is 6.42 Å². The van der Waals surface area contributed by atoms with E-state index in [1.807, 2.05) is 6.08 Å². The van der Waals surface area contributed by atoms with Gasteiger partial charge >= 0.3 is 0 Å². The summed E-state index contributed by atoms with van der Waals surface area (Å²) in [6, 6.07) is -0.832. The molecule has 0 aromatic heterocycles. The molecule has 0 spiro atoms. The first-order chi connectivity index (χ1) is 30.3. The summed E-state index contributed by atoms with van der Waals surface area (Å²) in [5.41, 5.74) is 0. The Hall–Kier alpha value is -2.63. The molecule has 7 unspecified atom stereocenters. The summed E-state index contributed by atoms with van der Waals surface area (Å²) in [5.74, 6) is -0.202. The third kappa shape index (κ3) is 32.1. The Morgan fingerprint density at radius 1 is 0.565 bits per heavy atom. The number of aliphatic hydroxyl groups excluding tert-OH is 5. The third-order valence-electron chi connectivity index (χ3n) is 11.2. The average Bonchev–Trinajstić information content (AvgIpc) is 3.27. The van der Waals surface area contributed by atoms with Crippen molar-refractivity contribution in [2.45, 2.75) is 230 Å². The zero-order valence-electron chi connectivity index (χ0n) is 39.1. The number of amides is 1. The second kappa shape index (κ2) is 42.3. The molecule has 0 aromatic rings. The highest BCUT2D eigenvalue weighted by Crippen LogP contribution is 2.22. The first-order valence-electron chi connectivity index (χ1n) is 24.8. The number of rotatable bonds is 40. The van der Waals surface area contributed by atoms with Gasteiger partial charge in [-0.15, -0.1) is 0 Å². The maximum absolute atomic E-state index is 13.0. The number of nitrogens with one attached hydrogen (secondary N) is 1. The number of allylic oxidation sites excluding steroid dienone is 13. The number of carbonyl (C=O) groups excluding carboxylic acids is 1. The van der Waals surface area contributed by atoms with Crippen LogP contribution in [0.25, 0.3) is 0 Å². The van der Waals surface area contributed by atoms with Crippen LogP contribution in [0.1, 0.15) is 187 Å². The van der Waals surface area contributed by atoms with E-state index in [4.69, 9.17) is 9.47 Å². The minimum atomic E-state index is -1.58. The van der Waals surface area contributed by atoms with Crippen LogP contribution in [0.5, 0.6) is 0 Å². The van der Waals surface area contributed by atoms with E-state index in [-0.39, 0.29) is 12.5 Å². The van der Waals surface area contributed by atoms with Gasteiger partial charge in [-0.3, -0.25) is 4.79 Å². The number of unbranched alkanes of at least 4 members (excludes halogenated alkanes) is 18. The zero-order chi connectivity index (χ0) is 45.1. The fraction of sp³-hybridized carbons (Fsp3) is 0.717. The predicted octanol–water partition coefficient (Wildman–Crippen LogP) is 11.1. The summed E-state index contributed by atoms with van der Waals surface area (Å²) < 4.78 is 11.2. The topological polar surface area (TPSA) is 149 Å². The molecule has 0 bridgehead atoms. The van der Waals surface area contributed by atoms with Gasteiger partial charge < -0.3 is 40.3 Å². The summed E-state index contributed by atoms with van der Waals surface area (Å²) in [7, 11) is 0. The zero-order valence-corrected chi connectivity index (χ0v) is 39.1. The number of hydrogen-bond donors (Lipinski definition) is 6. The summed E-state index contributed by atoms with van der Waals surface area (Å²) in [4.78, 5) is 13.0. The molecule has 1 amide bonds. The van der Waals surface area contributed by atoms with Crippen LogP contribution in [0.2, 0.25) is 0 Å². The molecule has 7 atom stereocenters. The molecule has 1 aliphatic rings. The van der Waals surface area contributed by atoms with Gasteiger partial charge in [-0.05, 0) is 77.0 Å². The monoisotopic (exact) mass is 870 g/mol. The van der Waals surface area contributed by atoms with E-state index in [1.165, 1.54) is 83.5 Å². The number of aliphatic hydroxyl groups is 5. The molecule has 9 heteroatoms. The molecule has 0 aliphatic carbocycles. The van der Waals surface area contributed by atoms with E-state index in [2.05, 4.69) is 92.1 Å². The largest absolute Gasteiger partial charge is 0.394 e. The van der Waals surface area contributed by atoms with Crippen LogP contribution in [-0.4, -0.2) is 87.5 Å². The lowest BCUT2D eigenvalue weighted by molar-refractivity contribution is -0.302. The number of carbonyl (C=O) groups is 1. The smallest absolute Gasteiger partial charge is 0.220 e. The maximum Gasteiger partial charge on any atom is 0.220 e. The highest BCUT2D eigenvalue weighted by Gasteiger charge is 2.44. The molecule has 0 aromatic carbocycles. The standard InChI is InChI=1S/C53H91NO8/c1-3-5-7-9-11-13-15-17-19-21-22-23-24-25-26-27-29-31-33-35-37-39-41-43-49(57)54-46(45-61-53-52(60)51(59)50(58)48(44-55)62-53)47(56)42-40-38-36-34-32-30-28-20-18-16-14-12-10-8-6-4-2/h5,7,11,13,17,19,22-23,25-26,32,34,40,42,46-48,50-53,55-56,58-60H,3-4,6,8-10,12,14-16,18,20-21,24,27-31,33,35-39,41,43-45H2,1-2H3,(H,54,57)/b7-5-,13-11-,19-17-,23-22-,26-25-,34-32+,42-40+. The van der Waals surface area contributed by atoms with Crippen molar-refractivity contribution in [3.05, 3.63) is 85.1 Å². The van der Waals surface area contributed by atoms with Crippen molar-refractivity contribution in [1.29, 1.82) is 0 Å². The average molecular weight is 870 g/mol. The summed E-state index contributed by atoms with van der Waals surface area (Å²) in [6.07, 6.45) is 51.9. The van der Waals surface area contributed by atoms with Crippen molar-refractivity contribution in [3.8, 4) is 0 Å². The fourth-order valence-electron chi connectivity index (χ4n) is 7.26. The van der Waals surface area contributed by atoms with Crippen molar-refractivity contribution in [1.82, 2.24) is 5.32 Å². The van der Waals surface area contributed by atoms with E-state index < -0.39 is 49.5 Å². The lowest BCUT2D eigenvalue weighted by Crippen LogP contribution is -2.60. The lowest BCUT2D eigenvalue weighted by atomic mass is 9.99. The van der Waals surface area contributed by atoms with E-state index >= 15 is 0 Å². The molecule has 1 aliphatic heterocycles. The molecule has 62 heavy (non-hydrogen) atoms. The van der Waals surface area contributed by atoms with Crippen LogP contribution < -0.4 is 5.32 Å². The van der Waals surface area contributed by atoms with Crippen molar-refractivity contribution in [3.63, 3.8) is 0 Å². The number of ether oxygens (including phenoxy) is 2. The summed E-state index contributed by atoms with van der Waals surface area (Å²) in [5, 5.41) is 54.3. The van der Waals surface area contributed by atoms with Crippen LogP contribution in [0.3, 0.4) is 0 Å². The van der Waals surface area contributed by atoms with Crippen LogP contribution in [0, 0.1) is 0 Å². The lowest BCUT2D eigenvalue weighted by Gasteiger charge is -2.40. The van der Waals surface area contributed by atoms with Gasteiger partial charge in [-0.1, -0.05) is 189 Å². The van der Waals surface area contributed by atoms with Crippen LogP contribution in [0.4, 0.5) is 0 Å². The minimum Gasteiger partial charge on any atom is -0.394 e. The van der Waals surface area contributed by atoms with Crippen LogP contribution in [0.15, 0.2) is 85.1 Å². The van der Waals surface area contributed by atoms with Crippen LogP contribution in [-0.2, 0) is 14.3 Å². The van der Waals surface area contributed by atoms with Gasteiger partial charge in [-0.2, -0.15) is 0 Å². The molecular weight excluding hydrogens is 779 g/mol. The quantitative estimate of drug-likeness (QED) is 0.0263. The second-order valence-corrected chi connectivity index (χ2v) is 16.9. The van der Waals surface area contributed by atoms with Crippen molar-refractivity contribution in [2.24, 2.45) is 0 Å². The Morgan fingerprint density at radius 3 is 1.55 bits per heavy atom. The van der Waals surface area contributed by atoms with Gasteiger partial charge in [0.25, 0.3) is 0 Å². The molecule has 6 N–H and O–H groups in total. The van der Waals surface area contributed by atoms with Crippen molar-refractivity contribution < 1.29 is 39.8 Å². The Morgan fingerprint density at radius 2 is 1.02 bits per heavy atom. The second-order valence-electron chi connectivity index (χ2n) is 16.9. The van der Waals surface area contributed by atoms with E-state index in [0.717, 1.165) is 83.5 Å². The molecule has 9 nitrogen and oxygen atoms in total.